The summed E-state index contributed by atoms with van der Waals surface area (Å²) in [5.74, 6) is 0. The van der Waals surface area contributed by atoms with Gasteiger partial charge in [0.15, 0.2) is 0 Å². The van der Waals surface area contributed by atoms with Gasteiger partial charge in [-0.1, -0.05) is 6.07 Å². The smallest absolute Gasteiger partial charge is 0.0381 e. The number of hydrogen-bond acceptors (Lipinski definition) is 3. The van der Waals surface area contributed by atoms with Gasteiger partial charge in [-0.2, -0.15) is 0 Å². The molecular formula is C15H25N3. The second kappa shape index (κ2) is 6.64. The number of benzene rings is 1. The molecule has 1 N–H and O–H groups in total. The Kier molecular flexibility index (Phi) is 4.88. The minimum atomic E-state index is 1.06. The maximum atomic E-state index is 3.51. The van der Waals surface area contributed by atoms with Crippen LogP contribution >= 0.6 is 0 Å². The molecule has 3 heteroatoms. The second-order valence-corrected chi connectivity index (χ2v) is 5.27. The topological polar surface area (TPSA) is 18.5 Å². The van der Waals surface area contributed by atoms with E-state index in [0.29, 0.717) is 0 Å². The summed E-state index contributed by atoms with van der Waals surface area (Å²) in [5, 5.41) is 3.51. The largest absolute Gasteiger partial charge is 0.385 e. The molecule has 0 spiro atoms. The molecule has 100 valence electrons. The molecule has 0 aliphatic carbocycles. The van der Waals surface area contributed by atoms with Gasteiger partial charge in [0, 0.05) is 32.0 Å². The van der Waals surface area contributed by atoms with Crippen LogP contribution in [0.2, 0.25) is 0 Å². The van der Waals surface area contributed by atoms with Crippen LogP contribution in [0.15, 0.2) is 24.3 Å². The quantitative estimate of drug-likeness (QED) is 0.780. The van der Waals surface area contributed by atoms with Gasteiger partial charge in [0.1, 0.15) is 0 Å². The maximum Gasteiger partial charge on any atom is 0.0381 e. The van der Waals surface area contributed by atoms with Gasteiger partial charge in [0.2, 0.25) is 0 Å². The van der Waals surface area contributed by atoms with E-state index in [2.05, 4.69) is 53.5 Å². The monoisotopic (exact) mass is 247 g/mol. The maximum absolute atomic E-state index is 3.51. The van der Waals surface area contributed by atoms with Crippen LogP contribution in [0.3, 0.4) is 0 Å². The van der Waals surface area contributed by atoms with E-state index in [1.165, 1.54) is 50.3 Å². The summed E-state index contributed by atoms with van der Waals surface area (Å²) in [5.41, 5.74) is 2.47. The summed E-state index contributed by atoms with van der Waals surface area (Å²) in [6.45, 7) is 4.90. The molecule has 0 unspecified atom stereocenters. The first-order valence-electron chi connectivity index (χ1n) is 6.99. The number of nitrogens with one attached hydrogen (secondary N) is 1. The highest BCUT2D eigenvalue weighted by molar-refractivity contribution is 5.57. The predicted octanol–water partition coefficient (Wildman–Crippen LogP) is 2.65. The molecule has 0 radical (unpaired) electrons. The van der Waals surface area contributed by atoms with Crippen LogP contribution in [-0.4, -0.2) is 45.2 Å². The Hall–Kier alpha value is -1.22. The molecule has 3 nitrogen and oxygen atoms in total. The third-order valence-corrected chi connectivity index (χ3v) is 3.54. The fraction of sp³-hybridized carbons (Fsp3) is 0.600. The number of anilines is 2. The summed E-state index contributed by atoms with van der Waals surface area (Å²) in [6.07, 6.45) is 4.00. The standard InChI is InChI=1S/C15H25N3/c1-17(2)15-8-5-7-14(13-15)16-9-6-12-18-10-3-4-11-18/h5,7-8,13,16H,3-4,6,9-12H2,1-2H3. The number of rotatable bonds is 6. The molecule has 2 rings (SSSR count). The summed E-state index contributed by atoms with van der Waals surface area (Å²) in [6, 6.07) is 8.59. The van der Waals surface area contributed by atoms with Crippen LogP contribution in [0.1, 0.15) is 19.3 Å². The fourth-order valence-corrected chi connectivity index (χ4v) is 2.44. The van der Waals surface area contributed by atoms with Crippen molar-refractivity contribution in [3.05, 3.63) is 24.3 Å². The number of nitrogens with zero attached hydrogens (tertiary/aromatic N) is 2. The Morgan fingerprint density at radius 3 is 2.72 bits per heavy atom. The average molecular weight is 247 g/mol. The van der Waals surface area contributed by atoms with E-state index < -0.39 is 0 Å². The van der Waals surface area contributed by atoms with Crippen molar-refractivity contribution < 1.29 is 0 Å². The minimum absolute atomic E-state index is 1.06. The van der Waals surface area contributed by atoms with Crippen molar-refractivity contribution in [2.75, 3.05) is 50.5 Å². The van der Waals surface area contributed by atoms with Crippen molar-refractivity contribution in [3.63, 3.8) is 0 Å². The van der Waals surface area contributed by atoms with Crippen LogP contribution in [0, 0.1) is 0 Å². The number of likely N-dealkylation sites (tertiary alicyclic amines) is 1. The average Bonchev–Trinajstić information content (AvgIpc) is 2.88. The highest BCUT2D eigenvalue weighted by Gasteiger charge is 2.09. The van der Waals surface area contributed by atoms with Crippen molar-refractivity contribution in [1.29, 1.82) is 0 Å². The van der Waals surface area contributed by atoms with Crippen molar-refractivity contribution in [2.45, 2.75) is 19.3 Å². The lowest BCUT2D eigenvalue weighted by atomic mass is 10.2. The fourth-order valence-electron chi connectivity index (χ4n) is 2.44. The van der Waals surface area contributed by atoms with Crippen molar-refractivity contribution in [3.8, 4) is 0 Å². The highest BCUT2D eigenvalue weighted by Crippen LogP contribution is 2.17. The molecule has 1 heterocycles. The highest BCUT2D eigenvalue weighted by atomic mass is 15.1. The number of hydrogen-bond donors (Lipinski definition) is 1. The lowest BCUT2D eigenvalue weighted by Crippen LogP contribution is -2.22. The van der Waals surface area contributed by atoms with E-state index in [1.54, 1.807) is 0 Å². The van der Waals surface area contributed by atoms with Gasteiger partial charge < -0.3 is 15.1 Å². The van der Waals surface area contributed by atoms with Gasteiger partial charge in [0.05, 0.1) is 0 Å². The molecule has 18 heavy (non-hydrogen) atoms. The predicted molar refractivity (Wildman–Crippen MR) is 79.5 cm³/mol. The lowest BCUT2D eigenvalue weighted by Gasteiger charge is -2.16. The summed E-state index contributed by atoms with van der Waals surface area (Å²) >= 11 is 0. The van der Waals surface area contributed by atoms with E-state index in [1.807, 2.05) is 0 Å². The van der Waals surface area contributed by atoms with Gasteiger partial charge in [-0.3, -0.25) is 0 Å². The van der Waals surface area contributed by atoms with Crippen LogP contribution in [0.25, 0.3) is 0 Å². The van der Waals surface area contributed by atoms with Gasteiger partial charge in [-0.05, 0) is 57.1 Å². The van der Waals surface area contributed by atoms with Crippen molar-refractivity contribution in [2.24, 2.45) is 0 Å². The van der Waals surface area contributed by atoms with Crippen molar-refractivity contribution >= 4 is 11.4 Å². The van der Waals surface area contributed by atoms with Crippen LogP contribution in [0.4, 0.5) is 11.4 Å². The molecule has 0 atom stereocenters. The Morgan fingerprint density at radius 2 is 2.00 bits per heavy atom. The van der Waals surface area contributed by atoms with E-state index in [9.17, 15) is 0 Å². The van der Waals surface area contributed by atoms with E-state index >= 15 is 0 Å². The van der Waals surface area contributed by atoms with Crippen LogP contribution < -0.4 is 10.2 Å². The first kappa shape index (κ1) is 13.2. The lowest BCUT2D eigenvalue weighted by molar-refractivity contribution is 0.337. The molecule has 1 saturated heterocycles. The zero-order valence-electron chi connectivity index (χ0n) is 11.7. The van der Waals surface area contributed by atoms with Crippen LogP contribution in [0.5, 0.6) is 0 Å². The molecule has 0 saturated carbocycles. The zero-order chi connectivity index (χ0) is 12.8. The van der Waals surface area contributed by atoms with Gasteiger partial charge >= 0.3 is 0 Å². The van der Waals surface area contributed by atoms with Gasteiger partial charge in [-0.15, -0.1) is 0 Å². The molecule has 0 aromatic heterocycles. The van der Waals surface area contributed by atoms with E-state index in [-0.39, 0.29) is 0 Å². The third-order valence-electron chi connectivity index (χ3n) is 3.54. The molecule has 1 aliphatic heterocycles. The van der Waals surface area contributed by atoms with E-state index in [0.717, 1.165) is 6.54 Å². The Bertz CT molecular complexity index is 357. The Labute approximate surface area is 111 Å². The second-order valence-electron chi connectivity index (χ2n) is 5.27. The molecule has 1 aromatic carbocycles. The molecule has 1 fully saturated rings. The van der Waals surface area contributed by atoms with Gasteiger partial charge in [-0.25, -0.2) is 0 Å². The third kappa shape index (κ3) is 3.91. The minimum Gasteiger partial charge on any atom is -0.385 e. The van der Waals surface area contributed by atoms with Crippen molar-refractivity contribution in [1.82, 2.24) is 4.90 Å². The molecule has 1 aromatic rings. The summed E-state index contributed by atoms with van der Waals surface area (Å²) < 4.78 is 0. The summed E-state index contributed by atoms with van der Waals surface area (Å²) in [4.78, 5) is 4.70. The first-order chi connectivity index (χ1) is 8.75. The molecule has 0 amide bonds. The normalized spacial score (nSPS) is 15.9. The molecular weight excluding hydrogens is 222 g/mol. The van der Waals surface area contributed by atoms with Gasteiger partial charge in [0.25, 0.3) is 0 Å². The zero-order valence-corrected chi connectivity index (χ0v) is 11.7. The SMILES string of the molecule is CN(C)c1cccc(NCCCN2CCCC2)c1. The molecule has 1 aliphatic rings. The van der Waals surface area contributed by atoms with E-state index in [4.69, 9.17) is 0 Å². The molecule has 0 bridgehead atoms. The van der Waals surface area contributed by atoms with Crippen LogP contribution in [-0.2, 0) is 0 Å². The Morgan fingerprint density at radius 1 is 1.22 bits per heavy atom. The first-order valence-corrected chi connectivity index (χ1v) is 6.99. The summed E-state index contributed by atoms with van der Waals surface area (Å²) in [7, 11) is 4.15. The Balaban J connectivity index is 1.70.